The Labute approximate surface area is 210 Å². The fourth-order valence-electron chi connectivity index (χ4n) is 3.53. The predicted molar refractivity (Wildman–Crippen MR) is 132 cm³/mol. The predicted octanol–water partition coefficient (Wildman–Crippen LogP) is -0.629. The molecule has 0 saturated carbocycles. The summed E-state index contributed by atoms with van der Waals surface area (Å²) in [6.45, 7) is 1.90. The van der Waals surface area contributed by atoms with E-state index < -0.39 is 35.8 Å². The van der Waals surface area contributed by atoms with E-state index in [4.69, 9.17) is 15.6 Å². The van der Waals surface area contributed by atoms with E-state index in [1.807, 2.05) is 30.3 Å². The molecular weight excluding hydrogens is 470 g/mol. The number of carbonyl (C=O) groups excluding carboxylic acids is 3. The maximum atomic E-state index is 12.8. The number of hydrogen-bond donors (Lipinski definition) is 7. The van der Waals surface area contributed by atoms with Crippen LogP contribution in [-0.4, -0.2) is 77.6 Å². The van der Waals surface area contributed by atoms with Crippen molar-refractivity contribution in [2.75, 3.05) is 19.6 Å². The molecule has 8 N–H and O–H groups in total. The van der Waals surface area contributed by atoms with Crippen LogP contribution < -0.4 is 27.0 Å². The lowest BCUT2D eigenvalue weighted by molar-refractivity contribution is -0.142. The van der Waals surface area contributed by atoms with Crippen LogP contribution in [0.15, 0.2) is 30.3 Å². The Morgan fingerprint density at radius 3 is 2.28 bits per heavy atom. The molecule has 3 atom stereocenters. The number of benzene rings is 1. The third kappa shape index (κ3) is 12.8. The molecule has 1 aliphatic heterocycles. The molecule has 12 nitrogen and oxygen atoms in total. The zero-order chi connectivity index (χ0) is 26.9. The third-order valence-corrected chi connectivity index (χ3v) is 5.30. The van der Waals surface area contributed by atoms with E-state index in [-0.39, 0.29) is 31.3 Å². The highest BCUT2D eigenvalue weighted by Gasteiger charge is 2.28. The molecule has 36 heavy (non-hydrogen) atoms. The lowest BCUT2D eigenvalue weighted by Gasteiger charge is -2.21. The second kappa shape index (κ2) is 17.0. The lowest BCUT2D eigenvalue weighted by atomic mass is 10.0. The highest BCUT2D eigenvalue weighted by Crippen LogP contribution is 2.08. The summed E-state index contributed by atoms with van der Waals surface area (Å²) < 4.78 is 0. The van der Waals surface area contributed by atoms with Crippen LogP contribution in [0.25, 0.3) is 0 Å². The molecule has 0 bridgehead atoms. The highest BCUT2D eigenvalue weighted by atomic mass is 16.4. The number of rotatable bonds is 13. The number of aliphatic carboxylic acids is 2. The molecule has 1 saturated heterocycles. The first kappa shape index (κ1) is 30.5. The summed E-state index contributed by atoms with van der Waals surface area (Å²) in [6.07, 6.45) is 3.35. The Kier molecular flexibility index (Phi) is 14.4. The number of amides is 3. The van der Waals surface area contributed by atoms with E-state index in [9.17, 15) is 24.3 Å². The Hall–Kier alpha value is -3.51. The van der Waals surface area contributed by atoms with Crippen molar-refractivity contribution in [1.29, 1.82) is 0 Å². The van der Waals surface area contributed by atoms with Crippen LogP contribution in [0.4, 0.5) is 0 Å². The van der Waals surface area contributed by atoms with Gasteiger partial charge in [-0.15, -0.1) is 0 Å². The maximum absolute atomic E-state index is 12.8. The Balaban J connectivity index is 0.00000150. The standard InChI is InChI=1S/C22H33N5O5.C2H4O2/c23-11-5-4-9-17(22(31)32)26-19(28)14-25-20(29)18(13-15-7-2-1-3-8-15)27-21(30)16-10-6-12-24-16;1-2(3)4/h1-3,7-8,16-18,24H,4-6,9-14,23H2,(H,25,29)(H,26,28)(H,27,30)(H,31,32);1H3,(H,3,4)/t16-,17-,18-;/m0./s1. The lowest BCUT2D eigenvalue weighted by Crippen LogP contribution is -2.54. The van der Waals surface area contributed by atoms with Gasteiger partial charge in [0.05, 0.1) is 12.6 Å². The Morgan fingerprint density at radius 1 is 1.06 bits per heavy atom. The molecule has 12 heteroatoms. The smallest absolute Gasteiger partial charge is 0.326 e. The van der Waals surface area contributed by atoms with Crippen molar-refractivity contribution >= 4 is 29.7 Å². The molecule has 0 radical (unpaired) electrons. The molecule has 0 spiro atoms. The van der Waals surface area contributed by atoms with E-state index >= 15 is 0 Å². The third-order valence-electron chi connectivity index (χ3n) is 5.30. The second-order valence-corrected chi connectivity index (χ2v) is 8.38. The van der Waals surface area contributed by atoms with Crippen molar-refractivity contribution < 1.29 is 34.2 Å². The molecule has 0 aromatic heterocycles. The fraction of sp³-hybridized carbons (Fsp3) is 0.542. The molecule has 0 unspecified atom stereocenters. The summed E-state index contributed by atoms with van der Waals surface area (Å²) >= 11 is 0. The van der Waals surface area contributed by atoms with Crippen molar-refractivity contribution in [3.05, 3.63) is 35.9 Å². The van der Waals surface area contributed by atoms with Crippen LogP contribution in [0.2, 0.25) is 0 Å². The monoisotopic (exact) mass is 507 g/mol. The number of nitrogens with one attached hydrogen (secondary N) is 4. The topological polar surface area (TPSA) is 200 Å². The van der Waals surface area contributed by atoms with Gasteiger partial charge in [-0.3, -0.25) is 19.2 Å². The SMILES string of the molecule is CC(=O)O.NCCCC[C@H](NC(=O)CNC(=O)[C@H](Cc1ccccc1)NC(=O)[C@@H]1CCCN1)C(=O)O. The highest BCUT2D eigenvalue weighted by molar-refractivity contribution is 5.92. The minimum Gasteiger partial charge on any atom is -0.481 e. The van der Waals surface area contributed by atoms with Crippen LogP contribution in [0.5, 0.6) is 0 Å². The van der Waals surface area contributed by atoms with E-state index in [0.717, 1.165) is 25.5 Å². The summed E-state index contributed by atoms with van der Waals surface area (Å²) in [5.41, 5.74) is 6.28. The molecule has 1 aliphatic rings. The zero-order valence-corrected chi connectivity index (χ0v) is 20.5. The van der Waals surface area contributed by atoms with Gasteiger partial charge < -0.3 is 37.2 Å². The molecule has 1 aromatic carbocycles. The van der Waals surface area contributed by atoms with E-state index in [2.05, 4.69) is 21.3 Å². The van der Waals surface area contributed by atoms with Crippen molar-refractivity contribution in [3.63, 3.8) is 0 Å². The van der Waals surface area contributed by atoms with Gasteiger partial charge >= 0.3 is 5.97 Å². The normalized spacial score (nSPS) is 16.0. The molecule has 200 valence electrons. The molecule has 1 heterocycles. The number of hydrogen-bond acceptors (Lipinski definition) is 7. The van der Waals surface area contributed by atoms with Gasteiger partial charge in [0.25, 0.3) is 5.97 Å². The number of carboxylic acids is 2. The van der Waals surface area contributed by atoms with Crippen LogP contribution in [0, 0.1) is 0 Å². The summed E-state index contributed by atoms with van der Waals surface area (Å²) in [4.78, 5) is 57.8. The quantitative estimate of drug-likeness (QED) is 0.170. The van der Waals surface area contributed by atoms with Gasteiger partial charge in [-0.1, -0.05) is 30.3 Å². The summed E-state index contributed by atoms with van der Waals surface area (Å²) in [6, 6.07) is 7.01. The number of nitrogens with two attached hydrogens (primary N) is 1. The largest absolute Gasteiger partial charge is 0.481 e. The van der Waals surface area contributed by atoms with E-state index in [1.54, 1.807) is 0 Å². The van der Waals surface area contributed by atoms with Crippen LogP contribution in [0.1, 0.15) is 44.6 Å². The molecule has 3 amide bonds. The summed E-state index contributed by atoms with van der Waals surface area (Å²) in [5, 5.41) is 27.5. The summed E-state index contributed by atoms with van der Waals surface area (Å²) in [7, 11) is 0. The number of unbranched alkanes of at least 4 members (excludes halogenated alkanes) is 1. The van der Waals surface area contributed by atoms with Gasteiger partial charge in [0.15, 0.2) is 0 Å². The van der Waals surface area contributed by atoms with E-state index in [0.29, 0.717) is 25.8 Å². The van der Waals surface area contributed by atoms with E-state index in [1.165, 1.54) is 0 Å². The zero-order valence-electron chi connectivity index (χ0n) is 20.5. The van der Waals surface area contributed by atoms with Gasteiger partial charge in [-0.2, -0.15) is 0 Å². The van der Waals surface area contributed by atoms with Crippen molar-refractivity contribution in [3.8, 4) is 0 Å². The van der Waals surface area contributed by atoms with Crippen LogP contribution >= 0.6 is 0 Å². The van der Waals surface area contributed by atoms with Gasteiger partial charge in [0.1, 0.15) is 12.1 Å². The molecule has 0 aliphatic carbocycles. The number of carboxylic acid groups (broad SMARTS) is 2. The minimum atomic E-state index is -1.14. The average molecular weight is 508 g/mol. The fourth-order valence-corrected chi connectivity index (χ4v) is 3.53. The van der Waals surface area contributed by atoms with Crippen LogP contribution in [0.3, 0.4) is 0 Å². The van der Waals surface area contributed by atoms with Crippen molar-refractivity contribution in [2.45, 2.75) is 63.6 Å². The van der Waals surface area contributed by atoms with Gasteiger partial charge in [-0.05, 0) is 50.8 Å². The van der Waals surface area contributed by atoms with Gasteiger partial charge in [0.2, 0.25) is 17.7 Å². The maximum Gasteiger partial charge on any atom is 0.326 e. The molecular formula is C24H37N5O7. The first-order valence-corrected chi connectivity index (χ1v) is 11.9. The second-order valence-electron chi connectivity index (χ2n) is 8.38. The Morgan fingerprint density at radius 2 is 1.72 bits per heavy atom. The molecule has 1 aromatic rings. The van der Waals surface area contributed by atoms with Gasteiger partial charge in [-0.25, -0.2) is 4.79 Å². The summed E-state index contributed by atoms with van der Waals surface area (Å²) in [5.74, 6) is -3.35. The van der Waals surface area contributed by atoms with Crippen molar-refractivity contribution in [2.24, 2.45) is 5.73 Å². The van der Waals surface area contributed by atoms with Crippen LogP contribution in [-0.2, 0) is 30.4 Å². The molecule has 2 rings (SSSR count). The average Bonchev–Trinajstić information content (AvgIpc) is 3.37. The molecule has 1 fully saturated rings. The first-order valence-electron chi connectivity index (χ1n) is 11.9. The minimum absolute atomic E-state index is 0.256. The van der Waals surface area contributed by atoms with Gasteiger partial charge in [0, 0.05) is 13.3 Å². The Bertz CT molecular complexity index is 856. The first-order chi connectivity index (χ1) is 17.1. The van der Waals surface area contributed by atoms with Crippen molar-refractivity contribution in [1.82, 2.24) is 21.3 Å². The number of carbonyl (C=O) groups is 5.